The van der Waals surface area contributed by atoms with Crippen LogP contribution in [0.15, 0.2) is 68.7 Å². The third-order valence-electron chi connectivity index (χ3n) is 4.27. The predicted molar refractivity (Wildman–Crippen MR) is 119 cm³/mol. The summed E-state index contributed by atoms with van der Waals surface area (Å²) < 4.78 is 5.98. The number of anilines is 1. The normalized spacial score (nSPS) is 10.9. The summed E-state index contributed by atoms with van der Waals surface area (Å²) in [4.78, 5) is 22.5. The topological polar surface area (TPSA) is 131 Å². The standard InChI is InChI=1S/C20H13BrN4O5S/c21-15-9-13(25(28)29)5-6-16(15)22-18(27)10-31-20-24-23-19(30-20)14-7-11-3-1-2-4-12(11)8-17(14)26/h1-9,26H,10H2,(H,22,27). The van der Waals surface area contributed by atoms with Crippen LogP contribution in [0.4, 0.5) is 11.4 Å². The molecule has 0 radical (unpaired) electrons. The van der Waals surface area contributed by atoms with Gasteiger partial charge in [0.05, 0.1) is 21.9 Å². The van der Waals surface area contributed by atoms with E-state index in [2.05, 4.69) is 31.4 Å². The van der Waals surface area contributed by atoms with Crippen molar-refractivity contribution >= 4 is 55.7 Å². The number of thioether (sulfide) groups is 1. The van der Waals surface area contributed by atoms with Gasteiger partial charge in [-0.25, -0.2) is 0 Å². The Balaban J connectivity index is 1.42. The Kier molecular flexibility index (Phi) is 5.87. The SMILES string of the molecule is O=C(CSc1nnc(-c2cc3ccccc3cc2O)o1)Nc1ccc([N+](=O)[O-])cc1Br. The molecule has 11 heteroatoms. The first-order valence-electron chi connectivity index (χ1n) is 8.83. The van der Waals surface area contributed by atoms with Gasteiger partial charge in [-0.1, -0.05) is 36.0 Å². The van der Waals surface area contributed by atoms with E-state index in [4.69, 9.17) is 4.42 Å². The fourth-order valence-corrected chi connectivity index (χ4v) is 3.84. The monoisotopic (exact) mass is 500 g/mol. The summed E-state index contributed by atoms with van der Waals surface area (Å²) in [6.45, 7) is 0. The number of amides is 1. The van der Waals surface area contributed by atoms with Crippen LogP contribution in [-0.2, 0) is 4.79 Å². The molecule has 0 atom stereocenters. The van der Waals surface area contributed by atoms with Crippen LogP contribution in [0.1, 0.15) is 0 Å². The molecule has 4 aromatic rings. The molecule has 2 N–H and O–H groups in total. The number of phenolic OH excluding ortho intramolecular Hbond substituents is 1. The van der Waals surface area contributed by atoms with Gasteiger partial charge in [0.15, 0.2) is 0 Å². The number of rotatable bonds is 6. The van der Waals surface area contributed by atoms with E-state index in [9.17, 15) is 20.0 Å². The largest absolute Gasteiger partial charge is 0.507 e. The van der Waals surface area contributed by atoms with Gasteiger partial charge < -0.3 is 14.8 Å². The number of nitro groups is 1. The average Bonchev–Trinajstić information content (AvgIpc) is 3.22. The van der Waals surface area contributed by atoms with Crippen LogP contribution in [0.5, 0.6) is 5.75 Å². The number of phenols is 1. The van der Waals surface area contributed by atoms with Crippen LogP contribution in [0.25, 0.3) is 22.2 Å². The number of benzene rings is 3. The quantitative estimate of drug-likeness (QED) is 0.215. The van der Waals surface area contributed by atoms with Crippen LogP contribution < -0.4 is 5.32 Å². The first-order chi connectivity index (χ1) is 14.9. The summed E-state index contributed by atoms with van der Waals surface area (Å²) in [6.07, 6.45) is 0. The van der Waals surface area contributed by atoms with Crippen LogP contribution in [0, 0.1) is 10.1 Å². The molecule has 0 aliphatic carbocycles. The van der Waals surface area contributed by atoms with Crippen molar-refractivity contribution in [2.75, 3.05) is 11.1 Å². The first-order valence-corrected chi connectivity index (χ1v) is 10.6. The van der Waals surface area contributed by atoms with Gasteiger partial charge in [-0.15, -0.1) is 10.2 Å². The summed E-state index contributed by atoms with van der Waals surface area (Å²) in [7, 11) is 0. The maximum atomic E-state index is 12.2. The number of carbonyl (C=O) groups excluding carboxylic acids is 1. The number of halogens is 1. The molecular weight excluding hydrogens is 488 g/mol. The molecule has 9 nitrogen and oxygen atoms in total. The zero-order valence-corrected chi connectivity index (χ0v) is 18.0. The molecular formula is C20H13BrN4O5S. The smallest absolute Gasteiger partial charge is 0.277 e. The van der Waals surface area contributed by atoms with Gasteiger partial charge in [0.2, 0.25) is 5.91 Å². The van der Waals surface area contributed by atoms with Gasteiger partial charge in [-0.3, -0.25) is 14.9 Å². The van der Waals surface area contributed by atoms with Gasteiger partial charge in [0.1, 0.15) is 5.75 Å². The molecule has 0 aliphatic heterocycles. The highest BCUT2D eigenvalue weighted by Crippen LogP contribution is 2.34. The van der Waals surface area contributed by atoms with Gasteiger partial charge in [-0.05, 0) is 44.9 Å². The molecule has 0 bridgehead atoms. The summed E-state index contributed by atoms with van der Waals surface area (Å²) in [5.74, 6) is -0.216. The molecule has 1 heterocycles. The zero-order valence-electron chi connectivity index (χ0n) is 15.6. The van der Waals surface area contributed by atoms with E-state index in [1.54, 1.807) is 12.1 Å². The molecule has 4 rings (SSSR count). The van der Waals surface area contributed by atoms with Gasteiger partial charge in [0, 0.05) is 16.6 Å². The van der Waals surface area contributed by atoms with Gasteiger partial charge in [0.25, 0.3) is 16.8 Å². The zero-order chi connectivity index (χ0) is 22.0. The number of aromatic nitrogens is 2. The van der Waals surface area contributed by atoms with Crippen LogP contribution in [0.2, 0.25) is 0 Å². The summed E-state index contributed by atoms with van der Waals surface area (Å²) in [5.41, 5.74) is 0.718. The van der Waals surface area contributed by atoms with Crippen molar-refractivity contribution in [1.29, 1.82) is 0 Å². The number of non-ortho nitro benzene ring substituents is 1. The Morgan fingerprint density at radius 2 is 1.90 bits per heavy atom. The van der Waals surface area contributed by atoms with Crippen molar-refractivity contribution in [3.8, 4) is 17.2 Å². The minimum Gasteiger partial charge on any atom is -0.507 e. The van der Waals surface area contributed by atoms with Crippen LogP contribution in [0.3, 0.4) is 0 Å². The third-order valence-corrected chi connectivity index (χ3v) is 5.74. The second-order valence-electron chi connectivity index (χ2n) is 6.35. The summed E-state index contributed by atoms with van der Waals surface area (Å²) in [5, 5.41) is 33.6. The second-order valence-corrected chi connectivity index (χ2v) is 8.13. The fraction of sp³-hybridized carbons (Fsp3) is 0.0500. The summed E-state index contributed by atoms with van der Waals surface area (Å²) in [6, 6.07) is 15.0. The number of hydrogen-bond donors (Lipinski definition) is 2. The van der Waals surface area contributed by atoms with E-state index < -0.39 is 4.92 Å². The highest BCUT2D eigenvalue weighted by atomic mass is 79.9. The molecule has 0 saturated carbocycles. The molecule has 31 heavy (non-hydrogen) atoms. The van der Waals surface area contributed by atoms with Crippen LogP contribution >= 0.6 is 27.7 Å². The number of aromatic hydroxyl groups is 1. The second kappa shape index (κ2) is 8.74. The van der Waals surface area contributed by atoms with Gasteiger partial charge >= 0.3 is 0 Å². The van der Waals surface area contributed by atoms with Crippen molar-refractivity contribution in [3.05, 3.63) is 69.2 Å². The van der Waals surface area contributed by atoms with Crippen molar-refractivity contribution < 1.29 is 19.2 Å². The lowest BCUT2D eigenvalue weighted by Crippen LogP contribution is -2.14. The number of hydrogen-bond acceptors (Lipinski definition) is 8. The molecule has 156 valence electrons. The molecule has 0 fully saturated rings. The predicted octanol–water partition coefficient (Wildman–Crippen LogP) is 5.00. The molecule has 0 saturated heterocycles. The molecule has 0 aliphatic rings. The fourth-order valence-electron chi connectivity index (χ4n) is 2.81. The van der Waals surface area contributed by atoms with Gasteiger partial charge in [-0.2, -0.15) is 0 Å². The lowest BCUT2D eigenvalue weighted by atomic mass is 10.1. The highest BCUT2D eigenvalue weighted by molar-refractivity contribution is 9.10. The van der Waals surface area contributed by atoms with E-state index in [1.165, 1.54) is 18.2 Å². The van der Waals surface area contributed by atoms with E-state index in [0.717, 1.165) is 22.5 Å². The summed E-state index contributed by atoms with van der Waals surface area (Å²) >= 11 is 4.23. The minimum absolute atomic E-state index is 0.0136. The number of nitrogens with zero attached hydrogens (tertiary/aromatic N) is 3. The van der Waals surface area contributed by atoms with Crippen molar-refractivity contribution in [2.24, 2.45) is 0 Å². The molecule has 1 aromatic heterocycles. The Hall–Kier alpha value is -3.44. The molecule has 0 spiro atoms. The maximum absolute atomic E-state index is 12.2. The lowest BCUT2D eigenvalue weighted by Gasteiger charge is -2.06. The van der Waals surface area contributed by atoms with E-state index in [0.29, 0.717) is 15.7 Å². The van der Waals surface area contributed by atoms with E-state index >= 15 is 0 Å². The number of carbonyl (C=O) groups is 1. The number of nitrogens with one attached hydrogen (secondary N) is 1. The molecule has 0 unspecified atom stereocenters. The third kappa shape index (κ3) is 4.67. The Bertz CT molecular complexity index is 1310. The highest BCUT2D eigenvalue weighted by Gasteiger charge is 2.16. The minimum atomic E-state index is -0.521. The Morgan fingerprint density at radius 3 is 2.61 bits per heavy atom. The van der Waals surface area contributed by atoms with Crippen molar-refractivity contribution in [3.63, 3.8) is 0 Å². The Labute approximate surface area is 187 Å². The number of fused-ring (bicyclic) bond motifs is 1. The lowest BCUT2D eigenvalue weighted by molar-refractivity contribution is -0.384. The van der Waals surface area contributed by atoms with Crippen LogP contribution in [-0.4, -0.2) is 31.9 Å². The first kappa shape index (κ1) is 20.8. The Morgan fingerprint density at radius 1 is 1.16 bits per heavy atom. The van der Waals surface area contributed by atoms with Crippen molar-refractivity contribution in [2.45, 2.75) is 5.22 Å². The van der Waals surface area contributed by atoms with E-state index in [1.807, 2.05) is 24.3 Å². The molecule has 1 amide bonds. The van der Waals surface area contributed by atoms with E-state index in [-0.39, 0.29) is 34.2 Å². The molecule has 3 aromatic carbocycles. The maximum Gasteiger partial charge on any atom is 0.277 e. The van der Waals surface area contributed by atoms with Crippen molar-refractivity contribution in [1.82, 2.24) is 10.2 Å². The number of nitro benzene ring substituents is 1. The average molecular weight is 501 g/mol.